The smallest absolute Gasteiger partial charge is 0.410 e. The summed E-state index contributed by atoms with van der Waals surface area (Å²) in [6, 6.07) is 0. The highest BCUT2D eigenvalue weighted by atomic mass is 16.6. The molecule has 0 aromatic heterocycles. The predicted molar refractivity (Wildman–Crippen MR) is 79.5 cm³/mol. The van der Waals surface area contributed by atoms with Gasteiger partial charge in [-0.1, -0.05) is 0 Å². The van der Waals surface area contributed by atoms with Gasteiger partial charge in [0.05, 0.1) is 18.8 Å². The molecule has 114 valence electrons. The fraction of sp³-hybridized carbons (Fsp3) is 0.812. The van der Waals surface area contributed by atoms with Crippen LogP contribution in [-0.2, 0) is 9.47 Å². The van der Waals surface area contributed by atoms with Gasteiger partial charge in [0.15, 0.2) is 0 Å². The minimum Gasteiger partial charge on any atom is -0.444 e. The van der Waals surface area contributed by atoms with Crippen molar-refractivity contribution in [2.24, 2.45) is 0 Å². The van der Waals surface area contributed by atoms with Crippen LogP contribution >= 0.6 is 0 Å². The summed E-state index contributed by atoms with van der Waals surface area (Å²) < 4.78 is 11.4. The Labute approximate surface area is 122 Å². The standard InChI is InChI=1S/C16H27NO3/c1-6-7-8-12-19-16(5)10-9-11-17(13-16)14(18)20-15(2,3)4/h8-13H2,1-5H3. The summed E-state index contributed by atoms with van der Waals surface area (Å²) in [5.41, 5.74) is -0.743. The molecule has 4 heteroatoms. The maximum absolute atomic E-state index is 12.1. The fourth-order valence-electron chi connectivity index (χ4n) is 2.28. The molecule has 1 rings (SSSR count). The average Bonchev–Trinajstić information content (AvgIpc) is 2.33. The first-order chi connectivity index (χ1) is 9.26. The summed E-state index contributed by atoms with van der Waals surface area (Å²) in [6.45, 7) is 11.5. The van der Waals surface area contributed by atoms with Crippen LogP contribution in [0.4, 0.5) is 4.79 Å². The summed E-state index contributed by atoms with van der Waals surface area (Å²) in [5, 5.41) is 0. The van der Waals surface area contributed by atoms with E-state index in [9.17, 15) is 4.79 Å². The van der Waals surface area contributed by atoms with E-state index < -0.39 is 5.60 Å². The van der Waals surface area contributed by atoms with Crippen LogP contribution in [0.15, 0.2) is 0 Å². The number of likely N-dealkylation sites (tertiary alicyclic amines) is 1. The summed E-state index contributed by atoms with van der Waals surface area (Å²) in [7, 11) is 0. The zero-order valence-corrected chi connectivity index (χ0v) is 13.4. The van der Waals surface area contributed by atoms with Gasteiger partial charge in [-0.2, -0.15) is 0 Å². The van der Waals surface area contributed by atoms with Crippen LogP contribution < -0.4 is 0 Å². The van der Waals surface area contributed by atoms with Gasteiger partial charge in [0, 0.05) is 13.0 Å². The molecule has 1 fully saturated rings. The van der Waals surface area contributed by atoms with E-state index in [2.05, 4.69) is 18.8 Å². The lowest BCUT2D eigenvalue weighted by atomic mass is 9.95. The molecule has 0 saturated carbocycles. The fourth-order valence-corrected chi connectivity index (χ4v) is 2.28. The zero-order chi connectivity index (χ0) is 15.2. The maximum atomic E-state index is 12.1. The predicted octanol–water partition coefficient (Wildman–Crippen LogP) is 3.21. The first kappa shape index (κ1) is 16.8. The number of rotatable bonds is 3. The Morgan fingerprint density at radius 3 is 2.70 bits per heavy atom. The Morgan fingerprint density at radius 1 is 1.40 bits per heavy atom. The van der Waals surface area contributed by atoms with Crippen molar-refractivity contribution >= 4 is 6.09 Å². The molecule has 20 heavy (non-hydrogen) atoms. The van der Waals surface area contributed by atoms with Crippen LogP contribution in [0.1, 0.15) is 53.9 Å². The van der Waals surface area contributed by atoms with Gasteiger partial charge in [0.2, 0.25) is 0 Å². The van der Waals surface area contributed by atoms with E-state index in [1.54, 1.807) is 4.90 Å². The Balaban J connectivity index is 2.51. The molecule has 1 heterocycles. The molecule has 1 amide bonds. The van der Waals surface area contributed by atoms with Crippen LogP contribution in [0.2, 0.25) is 0 Å². The maximum Gasteiger partial charge on any atom is 0.410 e. The van der Waals surface area contributed by atoms with E-state index in [1.165, 1.54) is 0 Å². The molecule has 0 aromatic carbocycles. The molecular formula is C16H27NO3. The van der Waals surface area contributed by atoms with Crippen molar-refractivity contribution in [1.82, 2.24) is 4.90 Å². The van der Waals surface area contributed by atoms with Gasteiger partial charge < -0.3 is 14.4 Å². The van der Waals surface area contributed by atoms with E-state index in [0.717, 1.165) is 25.8 Å². The lowest BCUT2D eigenvalue weighted by Gasteiger charge is -2.40. The van der Waals surface area contributed by atoms with E-state index in [0.29, 0.717) is 13.2 Å². The quantitative estimate of drug-likeness (QED) is 0.589. The third kappa shape index (κ3) is 5.83. The highest BCUT2D eigenvalue weighted by Crippen LogP contribution is 2.26. The number of hydrogen-bond acceptors (Lipinski definition) is 3. The minimum absolute atomic E-state index is 0.250. The number of piperidine rings is 1. The molecule has 1 unspecified atom stereocenters. The molecule has 0 aliphatic carbocycles. The van der Waals surface area contributed by atoms with Gasteiger partial charge in [0.1, 0.15) is 5.60 Å². The number of ether oxygens (including phenoxy) is 2. The minimum atomic E-state index is -0.456. The molecule has 0 radical (unpaired) electrons. The van der Waals surface area contributed by atoms with Gasteiger partial charge in [-0.25, -0.2) is 4.79 Å². The first-order valence-electron chi connectivity index (χ1n) is 7.27. The van der Waals surface area contributed by atoms with E-state index in [1.807, 2.05) is 27.7 Å². The molecular weight excluding hydrogens is 254 g/mol. The van der Waals surface area contributed by atoms with Crippen LogP contribution in [0.3, 0.4) is 0 Å². The molecule has 0 bridgehead atoms. The molecule has 0 N–H and O–H groups in total. The molecule has 1 aliphatic rings. The summed E-state index contributed by atoms with van der Waals surface area (Å²) in [5.74, 6) is 5.85. The molecule has 0 spiro atoms. The second-order valence-corrected chi connectivity index (χ2v) is 6.48. The second kappa shape index (κ2) is 6.99. The number of carbonyl (C=O) groups is 1. The molecule has 1 atom stereocenters. The number of amides is 1. The number of nitrogens with zero attached hydrogens (tertiary/aromatic N) is 1. The molecule has 1 saturated heterocycles. The topological polar surface area (TPSA) is 38.8 Å². The third-order valence-electron chi connectivity index (χ3n) is 3.17. The van der Waals surface area contributed by atoms with Gasteiger partial charge in [-0.15, -0.1) is 11.8 Å². The average molecular weight is 281 g/mol. The SMILES string of the molecule is CC#CCCOC1(C)CCCN(C(=O)OC(C)(C)C)C1. The first-order valence-corrected chi connectivity index (χ1v) is 7.27. The van der Waals surface area contributed by atoms with Crippen molar-refractivity contribution in [3.05, 3.63) is 0 Å². The van der Waals surface area contributed by atoms with Crippen molar-refractivity contribution < 1.29 is 14.3 Å². The van der Waals surface area contributed by atoms with Gasteiger partial charge in [-0.3, -0.25) is 0 Å². The number of carbonyl (C=O) groups excluding carboxylic acids is 1. The second-order valence-electron chi connectivity index (χ2n) is 6.48. The van der Waals surface area contributed by atoms with Crippen molar-refractivity contribution in [3.63, 3.8) is 0 Å². The van der Waals surface area contributed by atoms with Crippen LogP contribution in [0.25, 0.3) is 0 Å². The van der Waals surface area contributed by atoms with Crippen molar-refractivity contribution in [2.75, 3.05) is 19.7 Å². The highest BCUT2D eigenvalue weighted by molar-refractivity contribution is 5.68. The van der Waals surface area contributed by atoms with Gasteiger partial charge in [0.25, 0.3) is 0 Å². The Morgan fingerprint density at radius 2 is 2.10 bits per heavy atom. The normalized spacial score (nSPS) is 22.9. The lowest BCUT2D eigenvalue weighted by Crippen LogP contribution is -2.51. The Bertz CT molecular complexity index is 389. The Hall–Kier alpha value is -1.21. The lowest BCUT2D eigenvalue weighted by molar-refractivity contribution is -0.0779. The van der Waals surface area contributed by atoms with Crippen LogP contribution in [0.5, 0.6) is 0 Å². The van der Waals surface area contributed by atoms with Gasteiger partial charge in [-0.05, 0) is 47.5 Å². The monoisotopic (exact) mass is 281 g/mol. The van der Waals surface area contributed by atoms with E-state index >= 15 is 0 Å². The van der Waals surface area contributed by atoms with Crippen LogP contribution in [0, 0.1) is 11.8 Å². The summed E-state index contributed by atoms with van der Waals surface area (Å²) >= 11 is 0. The third-order valence-corrected chi connectivity index (χ3v) is 3.17. The summed E-state index contributed by atoms with van der Waals surface area (Å²) in [4.78, 5) is 13.9. The summed E-state index contributed by atoms with van der Waals surface area (Å²) in [6.07, 6.45) is 2.39. The van der Waals surface area contributed by atoms with E-state index in [4.69, 9.17) is 9.47 Å². The zero-order valence-electron chi connectivity index (χ0n) is 13.4. The van der Waals surface area contributed by atoms with Crippen molar-refractivity contribution in [3.8, 4) is 11.8 Å². The van der Waals surface area contributed by atoms with Gasteiger partial charge >= 0.3 is 6.09 Å². The largest absolute Gasteiger partial charge is 0.444 e. The molecule has 4 nitrogen and oxygen atoms in total. The van der Waals surface area contributed by atoms with Crippen molar-refractivity contribution in [2.45, 2.75) is 65.1 Å². The van der Waals surface area contributed by atoms with Crippen LogP contribution in [-0.4, -0.2) is 41.9 Å². The van der Waals surface area contributed by atoms with Crippen molar-refractivity contribution in [1.29, 1.82) is 0 Å². The van der Waals surface area contributed by atoms with E-state index in [-0.39, 0.29) is 11.7 Å². The molecule has 1 aliphatic heterocycles. The number of hydrogen-bond donors (Lipinski definition) is 0. The highest BCUT2D eigenvalue weighted by Gasteiger charge is 2.35. The Kier molecular flexibility index (Phi) is 5.88. The molecule has 0 aromatic rings.